The van der Waals surface area contributed by atoms with E-state index in [0.717, 1.165) is 30.4 Å². The zero-order valence-electron chi connectivity index (χ0n) is 10.3. The number of nitrogens with zero attached hydrogens (tertiary/aromatic N) is 1. The lowest BCUT2D eigenvalue weighted by atomic mass is 10.1. The van der Waals surface area contributed by atoms with E-state index in [9.17, 15) is 4.79 Å². The van der Waals surface area contributed by atoms with E-state index in [0.29, 0.717) is 5.56 Å². The minimum Gasteiger partial charge on any atom is -0.457 e. The van der Waals surface area contributed by atoms with Crippen molar-refractivity contribution in [3.05, 3.63) is 34.3 Å². The van der Waals surface area contributed by atoms with Gasteiger partial charge in [-0.25, -0.2) is 4.79 Å². The zero-order valence-corrected chi connectivity index (χ0v) is 12.7. The van der Waals surface area contributed by atoms with Gasteiger partial charge >= 0.3 is 5.97 Å². The van der Waals surface area contributed by atoms with Gasteiger partial charge in [0.2, 0.25) is 0 Å². The van der Waals surface area contributed by atoms with Crippen molar-refractivity contribution in [1.29, 1.82) is 0 Å². The first-order valence-corrected chi connectivity index (χ1v) is 6.60. The van der Waals surface area contributed by atoms with Crippen LogP contribution in [0.25, 0.3) is 0 Å². The van der Waals surface area contributed by atoms with Crippen molar-refractivity contribution >= 4 is 34.3 Å². The quantitative estimate of drug-likeness (QED) is 0.778. The van der Waals surface area contributed by atoms with Crippen LogP contribution in [-0.4, -0.2) is 37.1 Å². The third-order valence-corrected chi connectivity index (χ3v) is 3.64. The maximum atomic E-state index is 12.0. The van der Waals surface area contributed by atoms with Gasteiger partial charge in [0, 0.05) is 11.0 Å². The Hall–Kier alpha value is -0.580. The first-order valence-electron chi connectivity index (χ1n) is 5.81. The molecule has 1 aromatic carbocycles. The van der Waals surface area contributed by atoms with Crippen molar-refractivity contribution in [3.8, 4) is 0 Å². The minimum atomic E-state index is -0.238. The fraction of sp³-hybridized carbons (Fsp3) is 0.462. The molecule has 1 saturated heterocycles. The molecule has 0 N–H and O–H groups in total. The number of halogens is 2. The average Bonchev–Trinajstić information content (AvgIpc) is 2.29. The summed E-state index contributed by atoms with van der Waals surface area (Å²) in [5.41, 5.74) is 0.598. The summed E-state index contributed by atoms with van der Waals surface area (Å²) in [4.78, 5) is 14.2. The molecule has 0 bridgehead atoms. The maximum Gasteiger partial charge on any atom is 0.339 e. The summed E-state index contributed by atoms with van der Waals surface area (Å²) in [6, 6.07) is 7.35. The number of carbonyl (C=O) groups excluding carboxylic acids is 1. The van der Waals surface area contributed by atoms with Crippen LogP contribution >= 0.6 is 28.3 Å². The molecule has 3 nitrogen and oxygen atoms in total. The number of benzene rings is 1. The summed E-state index contributed by atoms with van der Waals surface area (Å²) in [7, 11) is 2.05. The van der Waals surface area contributed by atoms with E-state index in [1.165, 1.54) is 0 Å². The van der Waals surface area contributed by atoms with E-state index in [1.54, 1.807) is 6.07 Å². The number of hydrogen-bond donors (Lipinski definition) is 0. The largest absolute Gasteiger partial charge is 0.457 e. The monoisotopic (exact) mass is 333 g/mol. The van der Waals surface area contributed by atoms with Crippen molar-refractivity contribution in [2.24, 2.45) is 0 Å². The molecule has 0 spiro atoms. The standard InChI is InChI=1S/C13H16BrNO2.ClH/c1-15-8-4-5-10(9-15)17-13(16)11-6-2-3-7-12(11)14;/h2-3,6-7,10H,4-5,8-9H2,1H3;1H. The SMILES string of the molecule is CN1CCCC(OC(=O)c2ccccc2Br)C1.Cl. The van der Waals surface area contributed by atoms with Crippen LogP contribution in [0.1, 0.15) is 23.2 Å². The molecule has 1 heterocycles. The van der Waals surface area contributed by atoms with Crippen LogP contribution in [-0.2, 0) is 4.74 Å². The van der Waals surface area contributed by atoms with E-state index in [2.05, 4.69) is 27.9 Å². The second kappa shape index (κ2) is 7.12. The topological polar surface area (TPSA) is 29.5 Å². The molecule has 18 heavy (non-hydrogen) atoms. The van der Waals surface area contributed by atoms with E-state index < -0.39 is 0 Å². The number of carbonyl (C=O) groups is 1. The Morgan fingerprint density at radius 2 is 2.17 bits per heavy atom. The van der Waals surface area contributed by atoms with Crippen molar-refractivity contribution in [2.45, 2.75) is 18.9 Å². The number of ether oxygens (including phenoxy) is 1. The summed E-state index contributed by atoms with van der Waals surface area (Å²) >= 11 is 3.36. The summed E-state index contributed by atoms with van der Waals surface area (Å²) in [5.74, 6) is -0.238. The van der Waals surface area contributed by atoms with Crippen molar-refractivity contribution < 1.29 is 9.53 Å². The molecule has 1 unspecified atom stereocenters. The highest BCUT2D eigenvalue weighted by Crippen LogP contribution is 2.19. The molecule has 100 valence electrons. The van der Waals surface area contributed by atoms with Crippen LogP contribution in [0, 0.1) is 0 Å². The van der Waals surface area contributed by atoms with Crippen molar-refractivity contribution in [3.63, 3.8) is 0 Å². The van der Waals surface area contributed by atoms with E-state index in [4.69, 9.17) is 4.74 Å². The number of esters is 1. The number of piperidine rings is 1. The van der Waals surface area contributed by atoms with Crippen LogP contribution in [0.2, 0.25) is 0 Å². The molecule has 0 saturated carbocycles. The predicted octanol–water partition coefficient (Wildman–Crippen LogP) is 3.12. The molecule has 1 atom stereocenters. The Balaban J connectivity index is 0.00000162. The summed E-state index contributed by atoms with van der Waals surface area (Å²) in [6.07, 6.45) is 2.07. The molecule has 1 aliphatic rings. The number of rotatable bonds is 2. The number of hydrogen-bond acceptors (Lipinski definition) is 3. The Morgan fingerprint density at radius 1 is 1.44 bits per heavy atom. The van der Waals surface area contributed by atoms with Gasteiger partial charge < -0.3 is 9.64 Å². The predicted molar refractivity (Wildman–Crippen MR) is 77.3 cm³/mol. The highest BCUT2D eigenvalue weighted by atomic mass is 79.9. The molecule has 1 aliphatic heterocycles. The Morgan fingerprint density at radius 3 is 2.83 bits per heavy atom. The van der Waals surface area contributed by atoms with Crippen LogP contribution in [0.5, 0.6) is 0 Å². The molecule has 0 aromatic heterocycles. The minimum absolute atomic E-state index is 0. The lowest BCUT2D eigenvalue weighted by Crippen LogP contribution is -2.38. The molecule has 0 radical (unpaired) electrons. The van der Waals surface area contributed by atoms with Gasteiger partial charge in [-0.05, 0) is 54.5 Å². The van der Waals surface area contributed by atoms with Gasteiger partial charge in [0.15, 0.2) is 0 Å². The van der Waals surface area contributed by atoms with Gasteiger partial charge in [-0.1, -0.05) is 12.1 Å². The van der Waals surface area contributed by atoms with Gasteiger partial charge in [0.05, 0.1) is 5.56 Å². The molecule has 0 aliphatic carbocycles. The molecule has 1 aromatic rings. The summed E-state index contributed by atoms with van der Waals surface area (Å²) < 4.78 is 6.30. The van der Waals surface area contributed by atoms with Gasteiger partial charge in [-0.15, -0.1) is 12.4 Å². The van der Waals surface area contributed by atoms with Crippen molar-refractivity contribution in [1.82, 2.24) is 4.90 Å². The normalized spacial score (nSPS) is 20.0. The maximum absolute atomic E-state index is 12.0. The van der Waals surface area contributed by atoms with E-state index in [1.807, 2.05) is 18.2 Å². The molecular weight excluding hydrogens is 318 g/mol. The van der Waals surface area contributed by atoms with E-state index in [-0.39, 0.29) is 24.5 Å². The first kappa shape index (κ1) is 15.5. The Labute approximate surface area is 122 Å². The van der Waals surface area contributed by atoms with Crippen LogP contribution in [0.15, 0.2) is 28.7 Å². The highest BCUT2D eigenvalue weighted by Gasteiger charge is 2.22. The highest BCUT2D eigenvalue weighted by molar-refractivity contribution is 9.10. The zero-order chi connectivity index (χ0) is 12.3. The fourth-order valence-electron chi connectivity index (χ4n) is 2.06. The third kappa shape index (κ3) is 3.97. The van der Waals surface area contributed by atoms with Crippen LogP contribution in [0.4, 0.5) is 0 Å². The second-order valence-corrected chi connectivity index (χ2v) is 5.27. The van der Waals surface area contributed by atoms with Crippen LogP contribution < -0.4 is 0 Å². The van der Waals surface area contributed by atoms with Gasteiger partial charge in [0.1, 0.15) is 6.10 Å². The third-order valence-electron chi connectivity index (χ3n) is 2.95. The number of likely N-dealkylation sites (N-methyl/N-ethyl adjacent to an activating group) is 1. The lowest BCUT2D eigenvalue weighted by molar-refractivity contribution is 0.0107. The molecule has 0 amide bonds. The molecule has 5 heteroatoms. The smallest absolute Gasteiger partial charge is 0.339 e. The molecule has 2 rings (SSSR count). The lowest BCUT2D eigenvalue weighted by Gasteiger charge is -2.29. The number of likely N-dealkylation sites (tertiary alicyclic amines) is 1. The van der Waals surface area contributed by atoms with Gasteiger partial charge in [-0.3, -0.25) is 0 Å². The average molecular weight is 335 g/mol. The van der Waals surface area contributed by atoms with Crippen LogP contribution in [0.3, 0.4) is 0 Å². The molecular formula is C13H17BrClNO2. The second-order valence-electron chi connectivity index (χ2n) is 4.41. The Kier molecular flexibility index (Phi) is 6.12. The molecule has 1 fully saturated rings. The van der Waals surface area contributed by atoms with Crippen molar-refractivity contribution in [2.75, 3.05) is 20.1 Å². The van der Waals surface area contributed by atoms with E-state index >= 15 is 0 Å². The fourth-order valence-corrected chi connectivity index (χ4v) is 2.50. The van der Waals surface area contributed by atoms with Gasteiger partial charge in [-0.2, -0.15) is 0 Å². The van der Waals surface area contributed by atoms with Gasteiger partial charge in [0.25, 0.3) is 0 Å². The summed E-state index contributed by atoms with van der Waals surface area (Å²) in [6.45, 7) is 1.92. The Bertz CT molecular complexity index is 414. The first-order chi connectivity index (χ1) is 8.16. The summed E-state index contributed by atoms with van der Waals surface area (Å²) in [5, 5.41) is 0.